The van der Waals surface area contributed by atoms with Gasteiger partial charge in [-0.15, -0.1) is 0 Å². The van der Waals surface area contributed by atoms with Gasteiger partial charge < -0.3 is 10.4 Å². The molecule has 1 aliphatic carbocycles. The summed E-state index contributed by atoms with van der Waals surface area (Å²) < 4.78 is 0. The van der Waals surface area contributed by atoms with Gasteiger partial charge in [0.1, 0.15) is 0 Å². The van der Waals surface area contributed by atoms with E-state index >= 15 is 0 Å². The third-order valence-electron chi connectivity index (χ3n) is 3.58. The number of nitrogens with zero attached hydrogens (tertiary/aromatic N) is 1. The monoisotopic (exact) mass is 226 g/mol. The number of β-amino-alcohol motifs (C(OH)–C–C–N with tert-alkyl or cyclic N) is 1. The molecule has 0 aromatic rings. The summed E-state index contributed by atoms with van der Waals surface area (Å²) in [6.45, 7) is 1.95. The maximum Gasteiger partial charge on any atom is 0.234 e. The molecule has 4 nitrogen and oxygen atoms in total. The van der Waals surface area contributed by atoms with Crippen molar-refractivity contribution in [1.29, 1.82) is 0 Å². The Kier molecular flexibility index (Phi) is 4.18. The zero-order valence-corrected chi connectivity index (χ0v) is 9.82. The van der Waals surface area contributed by atoms with Crippen LogP contribution < -0.4 is 5.32 Å². The van der Waals surface area contributed by atoms with Crippen LogP contribution in [0.15, 0.2) is 0 Å². The van der Waals surface area contributed by atoms with Gasteiger partial charge in [0, 0.05) is 19.1 Å². The highest BCUT2D eigenvalue weighted by Gasteiger charge is 2.23. The minimum atomic E-state index is -0.234. The molecule has 0 unspecified atom stereocenters. The predicted molar refractivity (Wildman–Crippen MR) is 62.1 cm³/mol. The Labute approximate surface area is 97.0 Å². The fraction of sp³-hybridized carbons (Fsp3) is 0.917. The molecule has 0 aromatic heterocycles. The van der Waals surface area contributed by atoms with Crippen LogP contribution in [0.1, 0.15) is 38.5 Å². The lowest BCUT2D eigenvalue weighted by molar-refractivity contribution is -0.123. The summed E-state index contributed by atoms with van der Waals surface area (Å²) in [5, 5.41) is 12.5. The van der Waals surface area contributed by atoms with Crippen molar-refractivity contribution < 1.29 is 9.90 Å². The molecule has 1 heterocycles. The van der Waals surface area contributed by atoms with Crippen LogP contribution in [0.5, 0.6) is 0 Å². The van der Waals surface area contributed by atoms with Crippen LogP contribution in [-0.2, 0) is 4.79 Å². The number of carbonyl (C=O) groups excluding carboxylic acids is 1. The van der Waals surface area contributed by atoms with Crippen LogP contribution in [0, 0.1) is 0 Å². The topological polar surface area (TPSA) is 52.6 Å². The van der Waals surface area contributed by atoms with E-state index in [0.29, 0.717) is 19.1 Å². The predicted octanol–water partition coefficient (Wildman–Crippen LogP) is 0.502. The highest BCUT2D eigenvalue weighted by molar-refractivity contribution is 5.78. The van der Waals surface area contributed by atoms with Gasteiger partial charge in [0.15, 0.2) is 0 Å². The zero-order chi connectivity index (χ0) is 11.4. The van der Waals surface area contributed by atoms with Gasteiger partial charge in [0.25, 0.3) is 0 Å². The van der Waals surface area contributed by atoms with Gasteiger partial charge in [-0.3, -0.25) is 9.69 Å². The number of likely N-dealkylation sites (tertiary alicyclic amines) is 1. The first-order valence-corrected chi connectivity index (χ1v) is 6.44. The highest BCUT2D eigenvalue weighted by Crippen LogP contribution is 2.17. The molecule has 2 rings (SSSR count). The molecular formula is C12H22N2O2. The third-order valence-corrected chi connectivity index (χ3v) is 3.58. The minimum Gasteiger partial charge on any atom is -0.392 e. The third kappa shape index (κ3) is 3.46. The molecule has 1 amide bonds. The molecule has 1 aliphatic heterocycles. The second kappa shape index (κ2) is 5.64. The Hall–Kier alpha value is -0.610. The molecule has 4 heteroatoms. The number of hydrogen-bond donors (Lipinski definition) is 2. The molecule has 2 fully saturated rings. The van der Waals surface area contributed by atoms with Gasteiger partial charge in [-0.1, -0.05) is 19.3 Å². The molecule has 0 spiro atoms. The molecule has 16 heavy (non-hydrogen) atoms. The molecule has 2 N–H and O–H groups in total. The van der Waals surface area contributed by atoms with E-state index in [1.165, 1.54) is 19.3 Å². The van der Waals surface area contributed by atoms with E-state index in [1.54, 1.807) is 0 Å². The van der Waals surface area contributed by atoms with Crippen LogP contribution >= 0.6 is 0 Å². The van der Waals surface area contributed by atoms with Crippen molar-refractivity contribution in [1.82, 2.24) is 10.2 Å². The van der Waals surface area contributed by atoms with E-state index in [1.807, 2.05) is 4.90 Å². The van der Waals surface area contributed by atoms with Crippen LogP contribution in [-0.4, -0.2) is 47.7 Å². The fourth-order valence-electron chi connectivity index (χ4n) is 2.68. The maximum atomic E-state index is 11.7. The molecule has 1 atom stereocenters. The lowest BCUT2D eigenvalue weighted by atomic mass is 9.95. The Balaban J connectivity index is 1.67. The Morgan fingerprint density at radius 3 is 2.62 bits per heavy atom. The summed E-state index contributed by atoms with van der Waals surface area (Å²) in [5.74, 6) is 0.126. The van der Waals surface area contributed by atoms with Crippen molar-refractivity contribution in [3.8, 4) is 0 Å². The first kappa shape index (κ1) is 11.9. The number of hydrogen-bond acceptors (Lipinski definition) is 3. The van der Waals surface area contributed by atoms with Crippen LogP contribution in [0.3, 0.4) is 0 Å². The number of amides is 1. The number of aliphatic hydroxyl groups is 1. The first-order valence-electron chi connectivity index (χ1n) is 6.44. The van der Waals surface area contributed by atoms with Gasteiger partial charge >= 0.3 is 0 Å². The summed E-state index contributed by atoms with van der Waals surface area (Å²) >= 11 is 0. The van der Waals surface area contributed by atoms with Crippen LogP contribution in [0.2, 0.25) is 0 Å². The molecule has 0 bridgehead atoms. The first-order chi connectivity index (χ1) is 7.74. The Morgan fingerprint density at radius 1 is 1.25 bits per heavy atom. The van der Waals surface area contributed by atoms with E-state index in [4.69, 9.17) is 0 Å². The average Bonchev–Trinajstić information content (AvgIpc) is 2.65. The van der Waals surface area contributed by atoms with Gasteiger partial charge in [-0.2, -0.15) is 0 Å². The molecule has 2 aliphatic rings. The van der Waals surface area contributed by atoms with E-state index < -0.39 is 0 Å². The highest BCUT2D eigenvalue weighted by atomic mass is 16.3. The molecule has 92 valence electrons. The average molecular weight is 226 g/mol. The molecule has 1 saturated carbocycles. The molecule has 0 radical (unpaired) electrons. The second-order valence-electron chi connectivity index (χ2n) is 5.08. The zero-order valence-electron chi connectivity index (χ0n) is 9.82. The quantitative estimate of drug-likeness (QED) is 0.737. The summed E-state index contributed by atoms with van der Waals surface area (Å²) in [6.07, 6.45) is 6.63. The number of nitrogens with one attached hydrogen (secondary N) is 1. The molecule has 0 aromatic carbocycles. The normalized spacial score (nSPS) is 28.2. The molecular weight excluding hydrogens is 204 g/mol. The van der Waals surface area contributed by atoms with Crippen molar-refractivity contribution in [3.63, 3.8) is 0 Å². The van der Waals surface area contributed by atoms with Gasteiger partial charge in [0.05, 0.1) is 12.6 Å². The summed E-state index contributed by atoms with van der Waals surface area (Å²) in [6, 6.07) is 0.397. The largest absolute Gasteiger partial charge is 0.392 e. The Morgan fingerprint density at radius 2 is 2.00 bits per heavy atom. The van der Waals surface area contributed by atoms with E-state index in [9.17, 15) is 9.90 Å². The fourth-order valence-corrected chi connectivity index (χ4v) is 2.68. The maximum absolute atomic E-state index is 11.7. The van der Waals surface area contributed by atoms with E-state index in [2.05, 4.69) is 5.32 Å². The van der Waals surface area contributed by atoms with Crippen molar-refractivity contribution in [2.24, 2.45) is 0 Å². The van der Waals surface area contributed by atoms with Crippen molar-refractivity contribution in [3.05, 3.63) is 0 Å². The summed E-state index contributed by atoms with van der Waals surface area (Å²) in [7, 11) is 0. The summed E-state index contributed by atoms with van der Waals surface area (Å²) in [5.41, 5.74) is 0. The van der Waals surface area contributed by atoms with E-state index in [0.717, 1.165) is 25.8 Å². The summed E-state index contributed by atoms with van der Waals surface area (Å²) in [4.78, 5) is 13.8. The van der Waals surface area contributed by atoms with Crippen molar-refractivity contribution in [2.75, 3.05) is 19.6 Å². The standard InChI is InChI=1S/C12H22N2O2/c15-11-6-7-14(8-11)9-12(16)13-10-4-2-1-3-5-10/h10-11,15H,1-9H2,(H,13,16)/t11-/m0/s1. The number of carbonyl (C=O) groups is 1. The van der Waals surface area contributed by atoms with Gasteiger partial charge in [0.2, 0.25) is 5.91 Å². The smallest absolute Gasteiger partial charge is 0.234 e. The molecule has 1 saturated heterocycles. The number of aliphatic hydroxyl groups excluding tert-OH is 1. The minimum absolute atomic E-state index is 0.126. The van der Waals surface area contributed by atoms with Gasteiger partial charge in [-0.25, -0.2) is 0 Å². The Bertz CT molecular complexity index is 230. The van der Waals surface area contributed by atoms with Crippen LogP contribution in [0.25, 0.3) is 0 Å². The van der Waals surface area contributed by atoms with Crippen molar-refractivity contribution >= 4 is 5.91 Å². The SMILES string of the molecule is O=C(CN1CC[C@H](O)C1)NC1CCCCC1. The second-order valence-corrected chi connectivity index (χ2v) is 5.08. The number of rotatable bonds is 3. The van der Waals surface area contributed by atoms with Crippen molar-refractivity contribution in [2.45, 2.75) is 50.7 Å². The van der Waals surface area contributed by atoms with E-state index in [-0.39, 0.29) is 12.0 Å². The lowest BCUT2D eigenvalue weighted by Crippen LogP contribution is -2.42. The van der Waals surface area contributed by atoms with Gasteiger partial charge in [-0.05, 0) is 19.3 Å². The lowest BCUT2D eigenvalue weighted by Gasteiger charge is -2.24. The van der Waals surface area contributed by atoms with Crippen LogP contribution in [0.4, 0.5) is 0 Å².